The van der Waals surface area contributed by atoms with Gasteiger partial charge in [0.2, 0.25) is 6.04 Å². The maximum atomic E-state index is 13.6. The van der Waals surface area contributed by atoms with Gasteiger partial charge in [-0.3, -0.25) is 29.6 Å². The highest BCUT2D eigenvalue weighted by atomic mass is 16.6. The molecular weight excluding hydrogens is 678 g/mol. The van der Waals surface area contributed by atoms with E-state index >= 15 is 0 Å². The number of nitrogens with zero attached hydrogens (tertiary/aromatic N) is 3. The quantitative estimate of drug-likeness (QED) is 0.121. The SMILES string of the molecule is CC(C)(C)OC(=O)CN1CCN(CC(=O)OC(C)(C)C)CCN(CC(CCCc2ccc(N)cc2)NC(C(=O)OC(C)(C)C)C(=O)OC(C)(C)C)CC1. The largest absolute Gasteiger partial charge is 0.459 e. The van der Waals surface area contributed by atoms with Crippen molar-refractivity contribution in [3.63, 3.8) is 0 Å². The lowest BCUT2D eigenvalue weighted by Gasteiger charge is -2.33. The maximum Gasteiger partial charge on any atom is 0.335 e. The number of ether oxygens (including phenoxy) is 4. The number of rotatable bonds is 14. The van der Waals surface area contributed by atoms with Crippen LogP contribution in [0.5, 0.6) is 0 Å². The Balaban J connectivity index is 2.40. The van der Waals surface area contributed by atoms with Crippen LogP contribution in [-0.4, -0.2) is 132 Å². The zero-order valence-electron chi connectivity index (χ0n) is 34.6. The number of aryl methyl sites for hydroxylation is 1. The molecule has 3 N–H and O–H groups in total. The molecule has 1 unspecified atom stereocenters. The van der Waals surface area contributed by atoms with Gasteiger partial charge in [-0.2, -0.15) is 0 Å². The number of nitrogens with one attached hydrogen (secondary N) is 1. The molecule has 13 heteroatoms. The van der Waals surface area contributed by atoms with Gasteiger partial charge in [0, 0.05) is 57.5 Å². The number of anilines is 1. The van der Waals surface area contributed by atoms with Crippen molar-refractivity contribution in [3.8, 4) is 0 Å². The van der Waals surface area contributed by atoms with E-state index in [1.165, 1.54) is 0 Å². The Morgan fingerprint density at radius 1 is 0.623 bits per heavy atom. The lowest BCUT2D eigenvalue weighted by atomic mass is 10.0. The molecule has 1 saturated heterocycles. The second-order valence-electron chi connectivity index (χ2n) is 18.0. The van der Waals surface area contributed by atoms with Crippen LogP contribution < -0.4 is 11.1 Å². The average Bonchev–Trinajstić information content (AvgIpc) is 3.04. The summed E-state index contributed by atoms with van der Waals surface area (Å²) in [5.41, 5.74) is 4.86. The summed E-state index contributed by atoms with van der Waals surface area (Å²) < 4.78 is 22.7. The fourth-order valence-electron chi connectivity index (χ4n) is 5.76. The minimum Gasteiger partial charge on any atom is -0.459 e. The molecule has 0 saturated carbocycles. The summed E-state index contributed by atoms with van der Waals surface area (Å²) in [6.45, 7) is 25.8. The number of benzene rings is 1. The molecule has 1 aromatic rings. The van der Waals surface area contributed by atoms with E-state index in [0.29, 0.717) is 57.9 Å². The van der Waals surface area contributed by atoms with Crippen LogP contribution in [0.15, 0.2) is 24.3 Å². The molecule has 0 spiro atoms. The van der Waals surface area contributed by atoms with Crippen molar-refractivity contribution in [2.24, 2.45) is 0 Å². The number of hydrogen-bond donors (Lipinski definition) is 2. The monoisotopic (exact) mass is 748 g/mol. The van der Waals surface area contributed by atoms with Gasteiger partial charge in [0.05, 0.1) is 13.1 Å². The molecule has 1 atom stereocenters. The fourth-order valence-corrected chi connectivity index (χ4v) is 5.76. The molecule has 2 rings (SSSR count). The summed E-state index contributed by atoms with van der Waals surface area (Å²) in [7, 11) is 0. The van der Waals surface area contributed by atoms with Crippen molar-refractivity contribution in [2.75, 3.05) is 64.6 Å². The molecule has 53 heavy (non-hydrogen) atoms. The highest BCUT2D eigenvalue weighted by Crippen LogP contribution is 2.17. The fraction of sp³-hybridized carbons (Fsp3) is 0.750. The van der Waals surface area contributed by atoms with E-state index in [2.05, 4.69) is 10.2 Å². The van der Waals surface area contributed by atoms with Crippen LogP contribution in [0.1, 0.15) is 101 Å². The third kappa shape index (κ3) is 20.7. The Kier molecular flexibility index (Phi) is 17.2. The van der Waals surface area contributed by atoms with Crippen LogP contribution >= 0.6 is 0 Å². The first-order valence-electron chi connectivity index (χ1n) is 18.9. The van der Waals surface area contributed by atoms with Crippen LogP contribution in [0.2, 0.25) is 0 Å². The number of carbonyl (C=O) groups excluding carboxylic acids is 4. The number of nitrogens with two attached hydrogens (primary N) is 1. The summed E-state index contributed by atoms with van der Waals surface area (Å²) in [6, 6.07) is 6.08. The van der Waals surface area contributed by atoms with Crippen molar-refractivity contribution in [3.05, 3.63) is 29.8 Å². The molecule has 1 aromatic carbocycles. The predicted molar refractivity (Wildman–Crippen MR) is 207 cm³/mol. The number of hydrogen-bond acceptors (Lipinski definition) is 13. The Morgan fingerprint density at radius 2 is 1.00 bits per heavy atom. The first-order valence-corrected chi connectivity index (χ1v) is 18.9. The van der Waals surface area contributed by atoms with Gasteiger partial charge in [-0.25, -0.2) is 9.59 Å². The number of esters is 4. The van der Waals surface area contributed by atoms with Crippen LogP contribution in [0, 0.1) is 0 Å². The van der Waals surface area contributed by atoms with Gasteiger partial charge >= 0.3 is 23.9 Å². The van der Waals surface area contributed by atoms with E-state index < -0.39 is 40.4 Å². The molecule has 302 valence electrons. The van der Waals surface area contributed by atoms with Crippen LogP contribution in [0.25, 0.3) is 0 Å². The van der Waals surface area contributed by atoms with E-state index in [1.54, 1.807) is 41.5 Å². The topological polar surface area (TPSA) is 153 Å². The van der Waals surface area contributed by atoms with Gasteiger partial charge in [0.1, 0.15) is 22.4 Å². The molecular formula is C40H69N5O8. The molecule has 0 aromatic heterocycles. The van der Waals surface area contributed by atoms with E-state index in [-0.39, 0.29) is 31.1 Å². The summed E-state index contributed by atoms with van der Waals surface area (Å²) >= 11 is 0. The van der Waals surface area contributed by atoms with E-state index in [0.717, 1.165) is 18.4 Å². The normalized spacial score (nSPS) is 16.6. The van der Waals surface area contributed by atoms with Crippen LogP contribution in [0.4, 0.5) is 5.69 Å². The summed E-state index contributed by atoms with van der Waals surface area (Å²) in [6.07, 6.45) is 2.17. The third-order valence-corrected chi connectivity index (χ3v) is 7.91. The van der Waals surface area contributed by atoms with Crippen molar-refractivity contribution < 1.29 is 38.1 Å². The summed E-state index contributed by atoms with van der Waals surface area (Å²) in [4.78, 5) is 59.3. The molecule has 1 aliphatic heterocycles. The number of carbonyl (C=O) groups is 4. The zero-order chi connectivity index (χ0) is 40.2. The smallest absolute Gasteiger partial charge is 0.335 e. The van der Waals surface area contributed by atoms with Gasteiger partial charge < -0.3 is 24.7 Å². The lowest BCUT2D eigenvalue weighted by molar-refractivity contribution is -0.171. The molecule has 1 aliphatic rings. The molecule has 0 aliphatic carbocycles. The average molecular weight is 748 g/mol. The molecule has 0 amide bonds. The van der Waals surface area contributed by atoms with Gasteiger partial charge in [-0.15, -0.1) is 0 Å². The van der Waals surface area contributed by atoms with Gasteiger partial charge in [-0.1, -0.05) is 12.1 Å². The first-order chi connectivity index (χ1) is 24.3. The molecule has 13 nitrogen and oxygen atoms in total. The highest BCUT2D eigenvalue weighted by Gasteiger charge is 2.37. The third-order valence-electron chi connectivity index (χ3n) is 7.91. The molecule has 1 heterocycles. The molecule has 0 bridgehead atoms. The summed E-state index contributed by atoms with van der Waals surface area (Å²) in [5, 5.41) is 3.35. The van der Waals surface area contributed by atoms with E-state index in [9.17, 15) is 19.2 Å². The first kappa shape index (κ1) is 45.9. The second kappa shape index (κ2) is 19.9. The zero-order valence-corrected chi connectivity index (χ0v) is 34.6. The molecule has 1 fully saturated rings. The lowest BCUT2D eigenvalue weighted by Crippen LogP contribution is -2.55. The second-order valence-corrected chi connectivity index (χ2v) is 18.0. The Labute approximate surface area is 318 Å². The Bertz CT molecular complexity index is 1250. The molecule has 0 radical (unpaired) electrons. The van der Waals surface area contributed by atoms with Crippen molar-refractivity contribution >= 4 is 29.6 Å². The highest BCUT2D eigenvalue weighted by molar-refractivity contribution is 5.99. The standard InChI is InChI=1S/C40H69N5O8/c1-37(2,3)50-32(46)27-44-22-20-43(21-23-45(25-24-44)28-33(47)51-38(4,5)6)26-31(15-13-14-29-16-18-30(41)19-17-29)42-34(35(48)52-39(7,8)9)36(49)53-40(10,11)12/h16-19,31,34,42H,13-15,20-28,41H2,1-12H3. The van der Waals surface area contributed by atoms with Gasteiger partial charge in [0.25, 0.3) is 0 Å². The van der Waals surface area contributed by atoms with Crippen molar-refractivity contribution in [1.29, 1.82) is 0 Å². The van der Waals surface area contributed by atoms with Crippen molar-refractivity contribution in [1.82, 2.24) is 20.0 Å². The predicted octanol–water partition coefficient (Wildman–Crippen LogP) is 4.20. The maximum absolute atomic E-state index is 13.6. The van der Waals surface area contributed by atoms with Gasteiger partial charge in [0.15, 0.2) is 0 Å². The summed E-state index contributed by atoms with van der Waals surface area (Å²) in [5.74, 6) is -2.04. The van der Waals surface area contributed by atoms with Gasteiger partial charge in [-0.05, 0) is 120 Å². The van der Waals surface area contributed by atoms with E-state index in [4.69, 9.17) is 24.7 Å². The Hall–Kier alpha value is -3.26. The van der Waals surface area contributed by atoms with Crippen LogP contribution in [0.3, 0.4) is 0 Å². The van der Waals surface area contributed by atoms with Crippen molar-refractivity contribution in [2.45, 2.75) is 137 Å². The van der Waals surface area contributed by atoms with Crippen LogP contribution in [-0.2, 0) is 44.5 Å². The minimum atomic E-state index is -1.35. The van der Waals surface area contributed by atoms with E-state index in [1.807, 2.05) is 75.6 Å². The number of nitrogen functional groups attached to an aromatic ring is 1. The Morgan fingerprint density at radius 3 is 1.38 bits per heavy atom. The minimum absolute atomic E-state index is 0.105.